The van der Waals surface area contributed by atoms with Crippen LogP contribution in [0.25, 0.3) is 22.2 Å². The Bertz CT molecular complexity index is 2320. The highest BCUT2D eigenvalue weighted by molar-refractivity contribution is 5.96. The summed E-state index contributed by atoms with van der Waals surface area (Å²) < 4.78 is 31.9. The van der Waals surface area contributed by atoms with E-state index in [2.05, 4.69) is 54.4 Å². The first-order valence-corrected chi connectivity index (χ1v) is 18.8. The highest BCUT2D eigenvalue weighted by Crippen LogP contribution is 2.39. The fraction of sp³-hybridized carbons (Fsp3) is 0.295. The third-order valence-corrected chi connectivity index (χ3v) is 9.77. The van der Waals surface area contributed by atoms with Crippen molar-refractivity contribution in [2.45, 2.75) is 26.4 Å². The van der Waals surface area contributed by atoms with Crippen LogP contribution in [0.15, 0.2) is 97.3 Å². The molecule has 0 saturated carbocycles. The molecule has 0 aliphatic carbocycles. The molecule has 4 aromatic carbocycles. The van der Waals surface area contributed by atoms with Crippen LogP contribution in [0.1, 0.15) is 29.9 Å². The minimum absolute atomic E-state index is 0.175. The zero-order valence-electron chi connectivity index (χ0n) is 33.2. The van der Waals surface area contributed by atoms with Crippen molar-refractivity contribution in [1.29, 1.82) is 0 Å². The molecule has 0 spiro atoms. The van der Waals surface area contributed by atoms with Gasteiger partial charge in [-0.1, -0.05) is 48.5 Å². The number of hydrogen-bond acceptors (Lipinski definition) is 11. The molecule has 0 bridgehead atoms. The van der Waals surface area contributed by atoms with Crippen molar-refractivity contribution >= 4 is 39.8 Å². The maximum absolute atomic E-state index is 12.3. The highest BCUT2D eigenvalue weighted by Gasteiger charge is 2.25. The number of carbonyl (C=O) groups excluding carboxylic acids is 1. The highest BCUT2D eigenvalue weighted by atomic mass is 16.7. The third-order valence-electron chi connectivity index (χ3n) is 9.77. The van der Waals surface area contributed by atoms with E-state index in [0.29, 0.717) is 49.4 Å². The summed E-state index contributed by atoms with van der Waals surface area (Å²) in [6.07, 6.45) is 3.35. The van der Waals surface area contributed by atoms with Crippen molar-refractivity contribution in [1.82, 2.24) is 19.4 Å². The summed E-state index contributed by atoms with van der Waals surface area (Å²) in [6.45, 7) is 5.02. The van der Waals surface area contributed by atoms with Gasteiger partial charge in [-0.2, -0.15) is 0 Å². The van der Waals surface area contributed by atoms with E-state index in [4.69, 9.17) is 28.7 Å². The Morgan fingerprint density at radius 1 is 0.912 bits per heavy atom. The van der Waals surface area contributed by atoms with Crippen molar-refractivity contribution in [3.63, 3.8) is 0 Å². The van der Waals surface area contributed by atoms with Gasteiger partial charge in [-0.3, -0.25) is 4.79 Å². The fourth-order valence-corrected chi connectivity index (χ4v) is 6.87. The lowest BCUT2D eigenvalue weighted by Crippen LogP contribution is -2.29. The minimum Gasteiger partial charge on any atom is -0.497 e. The lowest BCUT2D eigenvalue weighted by molar-refractivity contribution is -0.114. The van der Waals surface area contributed by atoms with Crippen LogP contribution in [0.5, 0.6) is 17.2 Å². The van der Waals surface area contributed by atoms with E-state index in [1.807, 2.05) is 87.9 Å². The van der Waals surface area contributed by atoms with Gasteiger partial charge in [-0.25, -0.2) is 9.97 Å². The molecule has 57 heavy (non-hydrogen) atoms. The maximum Gasteiger partial charge on any atom is 0.227 e. The zero-order chi connectivity index (χ0) is 39.9. The molecule has 1 amide bonds. The second-order valence-corrected chi connectivity index (χ2v) is 14.1. The van der Waals surface area contributed by atoms with E-state index in [0.717, 1.165) is 69.1 Å². The first kappa shape index (κ1) is 39.1. The van der Waals surface area contributed by atoms with Gasteiger partial charge < -0.3 is 48.7 Å². The summed E-state index contributed by atoms with van der Waals surface area (Å²) in [7, 11) is 9.32. The number of likely N-dealkylation sites (N-methyl/N-ethyl adjacent to an activating group) is 2. The lowest BCUT2D eigenvalue weighted by atomic mass is 10.1. The summed E-state index contributed by atoms with van der Waals surface area (Å²) in [6, 6.07) is 27.9. The molecule has 3 heterocycles. The van der Waals surface area contributed by atoms with Gasteiger partial charge in [0.15, 0.2) is 6.29 Å². The number of nitrogens with one attached hydrogen (secondary N) is 2. The van der Waals surface area contributed by atoms with Crippen LogP contribution < -0.4 is 29.7 Å². The number of benzene rings is 4. The molecule has 13 nitrogen and oxygen atoms in total. The standard InChI is InChI=1S/C44H49N7O6/c1-29(52)46-37-24-38(41(54-6)25-40(37)50(4)21-20-49(2)3)48-44-45-19-18-36(47-44)35-27-51(39-13-8-7-11-33(35)39)26-31-10-9-12-34(43-55-22-23-56-43)42(31)57-28-30-14-16-32(53-5)17-15-30/h7-19,24-25,27,43H,20-23,26,28H2,1-6H3,(H,46,52)(H,45,47,48). The van der Waals surface area contributed by atoms with Gasteiger partial charge in [0.2, 0.25) is 11.9 Å². The number of para-hydroxylation sites is 2. The first-order chi connectivity index (χ1) is 27.7. The van der Waals surface area contributed by atoms with Crippen LogP contribution in [-0.2, 0) is 27.4 Å². The monoisotopic (exact) mass is 771 g/mol. The number of ether oxygens (including phenoxy) is 5. The van der Waals surface area contributed by atoms with E-state index in [1.54, 1.807) is 20.4 Å². The molecule has 1 fully saturated rings. The Labute approximate surface area is 333 Å². The number of carbonyl (C=O) groups is 1. The molecule has 1 saturated heterocycles. The molecule has 13 heteroatoms. The number of anilines is 4. The smallest absolute Gasteiger partial charge is 0.227 e. The summed E-state index contributed by atoms with van der Waals surface area (Å²) in [4.78, 5) is 26.0. The summed E-state index contributed by atoms with van der Waals surface area (Å²) in [5.74, 6) is 2.31. The first-order valence-electron chi connectivity index (χ1n) is 18.8. The molecule has 2 N–H and O–H groups in total. The molecule has 7 rings (SSSR count). The van der Waals surface area contributed by atoms with Gasteiger partial charge in [-0.15, -0.1) is 0 Å². The molecule has 6 aromatic rings. The van der Waals surface area contributed by atoms with Gasteiger partial charge >= 0.3 is 0 Å². The minimum atomic E-state index is -0.507. The molecule has 296 valence electrons. The van der Waals surface area contributed by atoms with Crippen LogP contribution in [0.3, 0.4) is 0 Å². The van der Waals surface area contributed by atoms with Gasteiger partial charge in [0, 0.05) is 67.6 Å². The molecule has 0 unspecified atom stereocenters. The Morgan fingerprint density at radius 2 is 1.70 bits per heavy atom. The quantitative estimate of drug-likeness (QED) is 0.102. The van der Waals surface area contributed by atoms with E-state index >= 15 is 0 Å². The molecule has 0 radical (unpaired) electrons. The number of aromatic nitrogens is 3. The number of methoxy groups -OCH3 is 2. The van der Waals surface area contributed by atoms with Crippen molar-refractivity contribution in [3.8, 4) is 28.5 Å². The van der Waals surface area contributed by atoms with E-state index < -0.39 is 6.29 Å². The Kier molecular flexibility index (Phi) is 12.2. The van der Waals surface area contributed by atoms with Crippen LogP contribution in [0.4, 0.5) is 23.0 Å². The maximum atomic E-state index is 12.3. The Hall–Kier alpha value is -6.15. The van der Waals surface area contributed by atoms with Gasteiger partial charge in [0.25, 0.3) is 0 Å². The van der Waals surface area contributed by atoms with E-state index in [-0.39, 0.29) is 5.91 Å². The second kappa shape index (κ2) is 17.8. The second-order valence-electron chi connectivity index (χ2n) is 14.1. The summed E-state index contributed by atoms with van der Waals surface area (Å²) >= 11 is 0. The van der Waals surface area contributed by atoms with Crippen molar-refractivity contribution < 1.29 is 28.5 Å². The molecular formula is C44H49N7O6. The summed E-state index contributed by atoms with van der Waals surface area (Å²) in [5.41, 5.74) is 7.66. The van der Waals surface area contributed by atoms with Crippen molar-refractivity contribution in [2.75, 3.05) is 77.2 Å². The predicted octanol–water partition coefficient (Wildman–Crippen LogP) is 7.49. The van der Waals surface area contributed by atoms with Gasteiger partial charge in [0.05, 0.1) is 62.3 Å². The summed E-state index contributed by atoms with van der Waals surface area (Å²) in [5, 5.41) is 7.37. The zero-order valence-corrected chi connectivity index (χ0v) is 33.2. The van der Waals surface area contributed by atoms with E-state index in [9.17, 15) is 4.79 Å². The molecule has 0 atom stereocenters. The number of rotatable bonds is 16. The van der Waals surface area contributed by atoms with E-state index in [1.165, 1.54) is 6.92 Å². The molecule has 2 aromatic heterocycles. The van der Waals surface area contributed by atoms with Crippen molar-refractivity contribution in [2.24, 2.45) is 0 Å². The van der Waals surface area contributed by atoms with Crippen molar-refractivity contribution in [3.05, 3.63) is 114 Å². The Balaban J connectivity index is 1.20. The SMILES string of the molecule is COc1ccc(COc2c(Cn3cc(-c4ccnc(Nc5cc(NC(C)=O)c(N(C)CCN(C)C)cc5OC)n4)c4ccccc43)cccc2C2OCCO2)cc1. The number of hydrogen-bond donors (Lipinski definition) is 2. The predicted molar refractivity (Wildman–Crippen MR) is 223 cm³/mol. The Morgan fingerprint density at radius 3 is 2.44 bits per heavy atom. The van der Waals surface area contributed by atoms with Crippen LogP contribution in [0, 0.1) is 0 Å². The number of nitrogens with zero attached hydrogens (tertiary/aromatic N) is 5. The van der Waals surface area contributed by atoms with Gasteiger partial charge in [-0.05, 0) is 50.0 Å². The topological polar surface area (TPSA) is 124 Å². The lowest BCUT2D eigenvalue weighted by Gasteiger charge is -2.25. The third kappa shape index (κ3) is 9.12. The molecular weight excluding hydrogens is 723 g/mol. The van der Waals surface area contributed by atoms with Crippen LogP contribution >= 0.6 is 0 Å². The fourth-order valence-electron chi connectivity index (χ4n) is 6.87. The average Bonchev–Trinajstić information content (AvgIpc) is 3.89. The average molecular weight is 772 g/mol. The number of fused-ring (bicyclic) bond motifs is 1. The largest absolute Gasteiger partial charge is 0.497 e. The van der Waals surface area contributed by atoms with Gasteiger partial charge in [0.1, 0.15) is 23.9 Å². The van der Waals surface area contributed by atoms with Crippen LogP contribution in [-0.4, -0.2) is 87.0 Å². The number of amides is 1. The molecule has 1 aliphatic heterocycles. The molecule has 1 aliphatic rings. The normalized spacial score (nSPS) is 12.9. The van der Waals surface area contributed by atoms with Crippen LogP contribution in [0.2, 0.25) is 0 Å².